The molecular formula is C17H17N5O. The molecule has 2 heterocycles. The zero-order chi connectivity index (χ0) is 16.2. The number of aromatic nitrogens is 1. The normalized spacial score (nSPS) is 14.0. The van der Waals surface area contributed by atoms with E-state index in [0.717, 1.165) is 22.6 Å². The van der Waals surface area contributed by atoms with E-state index in [9.17, 15) is 4.79 Å². The van der Waals surface area contributed by atoms with Gasteiger partial charge in [-0.15, -0.1) is 0 Å². The van der Waals surface area contributed by atoms with Crippen LogP contribution in [0.15, 0.2) is 60.0 Å². The fraction of sp³-hybridized carbons (Fsp3) is 0.118. The number of nitrogens with two attached hydrogens (primary N) is 1. The summed E-state index contributed by atoms with van der Waals surface area (Å²) >= 11 is 0. The SMILES string of the molecule is CC(=O)Nc1ccc(N2CC(N)=NC=C2c2cccnc2)cc1. The standard InChI is InChI=1S/C17H17N5O/c1-12(23)21-14-4-6-15(7-5-14)22-11-17(18)20-10-16(22)13-3-2-8-19-9-13/h2-10H,11H2,1H3,(H2,18,20)(H,21,23). The monoisotopic (exact) mass is 307 g/mol. The van der Waals surface area contributed by atoms with Crippen LogP contribution in [0.1, 0.15) is 12.5 Å². The van der Waals surface area contributed by atoms with Crippen LogP contribution in [-0.4, -0.2) is 23.3 Å². The van der Waals surface area contributed by atoms with Gasteiger partial charge in [-0.1, -0.05) is 0 Å². The second-order valence-electron chi connectivity index (χ2n) is 5.19. The van der Waals surface area contributed by atoms with Crippen LogP contribution in [-0.2, 0) is 4.79 Å². The van der Waals surface area contributed by atoms with Gasteiger partial charge in [0.15, 0.2) is 0 Å². The van der Waals surface area contributed by atoms with E-state index < -0.39 is 0 Å². The second kappa shape index (κ2) is 6.31. The molecule has 1 aromatic heterocycles. The van der Waals surface area contributed by atoms with Gasteiger partial charge in [0.05, 0.1) is 18.4 Å². The molecular weight excluding hydrogens is 290 g/mol. The average Bonchev–Trinajstić information content (AvgIpc) is 2.56. The Morgan fingerprint density at radius 3 is 2.70 bits per heavy atom. The molecule has 23 heavy (non-hydrogen) atoms. The molecule has 0 fully saturated rings. The predicted molar refractivity (Wildman–Crippen MR) is 91.9 cm³/mol. The number of aliphatic imine (C=N–C) groups is 1. The molecule has 0 spiro atoms. The number of nitrogens with one attached hydrogen (secondary N) is 1. The van der Waals surface area contributed by atoms with Crippen molar-refractivity contribution in [3.63, 3.8) is 0 Å². The quantitative estimate of drug-likeness (QED) is 0.910. The highest BCUT2D eigenvalue weighted by Crippen LogP contribution is 2.28. The summed E-state index contributed by atoms with van der Waals surface area (Å²) in [6.45, 7) is 1.99. The Hall–Kier alpha value is -3.15. The van der Waals surface area contributed by atoms with Crippen LogP contribution in [0.5, 0.6) is 0 Å². The molecule has 0 unspecified atom stereocenters. The maximum Gasteiger partial charge on any atom is 0.221 e. The Balaban J connectivity index is 1.92. The fourth-order valence-electron chi connectivity index (χ4n) is 2.40. The number of hydrogen-bond donors (Lipinski definition) is 2. The number of carbonyl (C=O) groups is 1. The number of amidine groups is 1. The van der Waals surface area contributed by atoms with Gasteiger partial charge in [-0.3, -0.25) is 9.78 Å². The number of benzene rings is 1. The topological polar surface area (TPSA) is 83.6 Å². The smallest absolute Gasteiger partial charge is 0.221 e. The summed E-state index contributed by atoms with van der Waals surface area (Å²) in [7, 11) is 0. The Morgan fingerprint density at radius 1 is 1.26 bits per heavy atom. The molecule has 1 aromatic carbocycles. The molecule has 0 atom stereocenters. The lowest BCUT2D eigenvalue weighted by Crippen LogP contribution is -2.35. The molecule has 6 heteroatoms. The number of amides is 1. The minimum atomic E-state index is -0.0944. The maximum absolute atomic E-state index is 11.1. The predicted octanol–water partition coefficient (Wildman–Crippen LogP) is 2.22. The van der Waals surface area contributed by atoms with E-state index >= 15 is 0 Å². The molecule has 0 bridgehead atoms. The van der Waals surface area contributed by atoms with Crippen molar-refractivity contribution in [1.29, 1.82) is 0 Å². The molecule has 1 aliphatic rings. The first-order valence-electron chi connectivity index (χ1n) is 7.21. The van der Waals surface area contributed by atoms with Crippen molar-refractivity contribution in [1.82, 2.24) is 4.98 Å². The first-order valence-corrected chi connectivity index (χ1v) is 7.21. The lowest BCUT2D eigenvalue weighted by molar-refractivity contribution is -0.114. The largest absolute Gasteiger partial charge is 0.386 e. The van der Waals surface area contributed by atoms with Gasteiger partial charge in [-0.05, 0) is 36.4 Å². The summed E-state index contributed by atoms with van der Waals surface area (Å²) < 4.78 is 0. The van der Waals surface area contributed by atoms with Crippen molar-refractivity contribution >= 4 is 28.8 Å². The lowest BCUT2D eigenvalue weighted by Gasteiger charge is -2.29. The van der Waals surface area contributed by atoms with Gasteiger partial charge in [0, 0.05) is 36.3 Å². The average molecular weight is 307 g/mol. The van der Waals surface area contributed by atoms with E-state index in [2.05, 4.69) is 20.2 Å². The molecule has 1 amide bonds. The summed E-state index contributed by atoms with van der Waals surface area (Å²) in [5.41, 5.74) is 9.51. The van der Waals surface area contributed by atoms with Gasteiger partial charge in [0.25, 0.3) is 0 Å². The van der Waals surface area contributed by atoms with Crippen LogP contribution >= 0.6 is 0 Å². The third kappa shape index (κ3) is 3.37. The molecule has 0 radical (unpaired) electrons. The van der Waals surface area contributed by atoms with Gasteiger partial charge in [-0.2, -0.15) is 0 Å². The van der Waals surface area contributed by atoms with Crippen molar-refractivity contribution in [3.8, 4) is 0 Å². The molecule has 0 saturated heterocycles. The molecule has 2 aromatic rings. The van der Waals surface area contributed by atoms with Crippen LogP contribution in [0.25, 0.3) is 5.70 Å². The molecule has 3 rings (SSSR count). The van der Waals surface area contributed by atoms with Crippen molar-refractivity contribution in [2.45, 2.75) is 6.92 Å². The van der Waals surface area contributed by atoms with E-state index in [1.54, 1.807) is 18.6 Å². The molecule has 0 saturated carbocycles. The third-order valence-corrected chi connectivity index (χ3v) is 3.42. The Bertz CT molecular complexity index is 765. The van der Waals surface area contributed by atoms with Crippen LogP contribution in [0.3, 0.4) is 0 Å². The van der Waals surface area contributed by atoms with E-state index in [1.165, 1.54) is 6.92 Å². The van der Waals surface area contributed by atoms with Crippen LogP contribution < -0.4 is 16.0 Å². The summed E-state index contributed by atoms with van der Waals surface area (Å²) in [6, 6.07) is 11.5. The molecule has 116 valence electrons. The first-order chi connectivity index (χ1) is 11.1. The highest BCUT2D eigenvalue weighted by Gasteiger charge is 2.18. The summed E-state index contributed by atoms with van der Waals surface area (Å²) in [6.07, 6.45) is 5.27. The molecule has 1 aliphatic heterocycles. The van der Waals surface area contributed by atoms with Crippen molar-refractivity contribution in [2.75, 3.05) is 16.8 Å². The van der Waals surface area contributed by atoms with Gasteiger partial charge >= 0.3 is 0 Å². The summed E-state index contributed by atoms with van der Waals surface area (Å²) in [5.74, 6) is 0.451. The zero-order valence-corrected chi connectivity index (χ0v) is 12.7. The highest BCUT2D eigenvalue weighted by atomic mass is 16.1. The lowest BCUT2D eigenvalue weighted by atomic mass is 10.1. The van der Waals surface area contributed by atoms with E-state index in [0.29, 0.717) is 12.4 Å². The number of pyridine rings is 1. The fourth-order valence-corrected chi connectivity index (χ4v) is 2.40. The van der Waals surface area contributed by atoms with E-state index in [-0.39, 0.29) is 5.91 Å². The molecule has 6 nitrogen and oxygen atoms in total. The maximum atomic E-state index is 11.1. The van der Waals surface area contributed by atoms with E-state index in [4.69, 9.17) is 5.73 Å². The summed E-state index contributed by atoms with van der Waals surface area (Å²) in [4.78, 5) is 21.6. The minimum absolute atomic E-state index is 0.0944. The molecule has 3 N–H and O–H groups in total. The Labute approximate surface area is 134 Å². The minimum Gasteiger partial charge on any atom is -0.386 e. The Morgan fingerprint density at radius 2 is 2.04 bits per heavy atom. The van der Waals surface area contributed by atoms with Crippen molar-refractivity contribution in [2.24, 2.45) is 10.7 Å². The Kier molecular flexibility index (Phi) is 4.05. The van der Waals surface area contributed by atoms with Gasteiger partial charge in [-0.25, -0.2) is 4.99 Å². The summed E-state index contributed by atoms with van der Waals surface area (Å²) in [5, 5.41) is 2.76. The molecule has 0 aliphatic carbocycles. The number of nitrogens with zero attached hydrogens (tertiary/aromatic N) is 3. The zero-order valence-electron chi connectivity index (χ0n) is 12.7. The van der Waals surface area contributed by atoms with Crippen molar-refractivity contribution < 1.29 is 4.79 Å². The number of hydrogen-bond acceptors (Lipinski definition) is 5. The number of anilines is 2. The first kappa shape index (κ1) is 14.8. The number of carbonyl (C=O) groups excluding carboxylic acids is 1. The van der Waals surface area contributed by atoms with Crippen LogP contribution in [0, 0.1) is 0 Å². The number of rotatable bonds is 3. The van der Waals surface area contributed by atoms with Gasteiger partial charge in [0.1, 0.15) is 5.84 Å². The van der Waals surface area contributed by atoms with Crippen LogP contribution in [0.4, 0.5) is 11.4 Å². The van der Waals surface area contributed by atoms with Crippen molar-refractivity contribution in [3.05, 3.63) is 60.6 Å². The highest BCUT2D eigenvalue weighted by molar-refractivity contribution is 5.95. The third-order valence-electron chi connectivity index (χ3n) is 3.42. The van der Waals surface area contributed by atoms with E-state index in [1.807, 2.05) is 36.4 Å². The second-order valence-corrected chi connectivity index (χ2v) is 5.19. The van der Waals surface area contributed by atoms with Gasteiger partial charge in [0.2, 0.25) is 5.91 Å². The van der Waals surface area contributed by atoms with Crippen LogP contribution in [0.2, 0.25) is 0 Å². The van der Waals surface area contributed by atoms with Gasteiger partial charge < -0.3 is 16.0 Å².